The molecule has 2 amide bonds. The third kappa shape index (κ3) is 3.54. The summed E-state index contributed by atoms with van der Waals surface area (Å²) in [6.07, 6.45) is 4.41. The molecule has 120 valence electrons. The molecule has 0 radical (unpaired) electrons. The number of hydrogen-bond donors (Lipinski definition) is 2. The Balaban J connectivity index is 1.67. The van der Waals surface area contributed by atoms with Crippen molar-refractivity contribution in [3.63, 3.8) is 0 Å². The molecule has 1 aromatic heterocycles. The summed E-state index contributed by atoms with van der Waals surface area (Å²) in [4.78, 5) is 28.7. The zero-order valence-electron chi connectivity index (χ0n) is 12.6. The summed E-state index contributed by atoms with van der Waals surface area (Å²) in [6, 6.07) is 5.42. The topological polar surface area (TPSA) is 71.1 Å². The highest BCUT2D eigenvalue weighted by atomic mass is 35.5. The summed E-state index contributed by atoms with van der Waals surface area (Å²) in [7, 11) is 0. The summed E-state index contributed by atoms with van der Waals surface area (Å²) in [5.74, 6) is -0.218. The number of amides is 2. The molecule has 0 aliphatic heterocycles. The molecule has 1 saturated carbocycles. The second-order valence-corrected chi connectivity index (χ2v) is 6.97. The predicted octanol–water partition coefficient (Wildman–Crippen LogP) is 4.10. The van der Waals surface area contributed by atoms with Crippen molar-refractivity contribution < 1.29 is 9.59 Å². The molecular weight excluding hydrogens is 334 g/mol. The van der Waals surface area contributed by atoms with Crippen LogP contribution in [0.2, 0.25) is 5.02 Å². The van der Waals surface area contributed by atoms with Crippen molar-refractivity contribution >= 4 is 45.6 Å². The van der Waals surface area contributed by atoms with E-state index in [0.29, 0.717) is 20.7 Å². The number of nitrogens with one attached hydrogen (secondary N) is 2. The second-order valence-electron chi connectivity index (χ2n) is 5.53. The second kappa shape index (κ2) is 6.68. The Kier molecular flexibility index (Phi) is 4.63. The Bertz CT molecular complexity index is 735. The van der Waals surface area contributed by atoms with Crippen molar-refractivity contribution in [2.24, 2.45) is 5.92 Å². The van der Waals surface area contributed by atoms with Crippen LogP contribution in [0.3, 0.4) is 0 Å². The van der Waals surface area contributed by atoms with Crippen LogP contribution < -0.4 is 10.6 Å². The molecule has 1 fully saturated rings. The standard InChI is InChI=1S/C16H16ClN3O2S/c1-9-4-2-7-11(17)13(9)19-15(22)12-8-18-16(23-12)20-14(21)10-5-3-6-10/h2,4,7-8,10H,3,5-6H2,1H3,(H,19,22)(H,18,20,21). The van der Waals surface area contributed by atoms with Gasteiger partial charge >= 0.3 is 0 Å². The number of nitrogens with zero attached hydrogens (tertiary/aromatic N) is 1. The molecule has 5 nitrogen and oxygen atoms in total. The van der Waals surface area contributed by atoms with Gasteiger partial charge in [-0.15, -0.1) is 0 Å². The van der Waals surface area contributed by atoms with Gasteiger partial charge in [-0.1, -0.05) is 41.5 Å². The van der Waals surface area contributed by atoms with Crippen LogP contribution in [0.5, 0.6) is 0 Å². The van der Waals surface area contributed by atoms with Crippen LogP contribution >= 0.6 is 22.9 Å². The highest BCUT2D eigenvalue weighted by Crippen LogP contribution is 2.29. The van der Waals surface area contributed by atoms with E-state index in [-0.39, 0.29) is 17.7 Å². The van der Waals surface area contributed by atoms with E-state index in [1.165, 1.54) is 6.20 Å². The van der Waals surface area contributed by atoms with Gasteiger partial charge in [-0.2, -0.15) is 0 Å². The predicted molar refractivity (Wildman–Crippen MR) is 92.2 cm³/mol. The van der Waals surface area contributed by atoms with Crippen molar-refractivity contribution in [1.82, 2.24) is 4.98 Å². The van der Waals surface area contributed by atoms with Gasteiger partial charge in [-0.3, -0.25) is 9.59 Å². The molecule has 2 N–H and O–H groups in total. The van der Waals surface area contributed by atoms with Crippen molar-refractivity contribution in [3.05, 3.63) is 39.9 Å². The fourth-order valence-corrected chi connectivity index (χ4v) is 3.26. The van der Waals surface area contributed by atoms with Crippen molar-refractivity contribution in [1.29, 1.82) is 0 Å². The first kappa shape index (κ1) is 16.0. The van der Waals surface area contributed by atoms with E-state index in [0.717, 1.165) is 36.2 Å². The van der Waals surface area contributed by atoms with Crippen LogP contribution in [0.25, 0.3) is 0 Å². The summed E-state index contributed by atoms with van der Waals surface area (Å²) < 4.78 is 0. The van der Waals surface area contributed by atoms with E-state index in [4.69, 9.17) is 11.6 Å². The lowest BCUT2D eigenvalue weighted by molar-refractivity contribution is -0.122. The molecule has 1 aliphatic carbocycles. The highest BCUT2D eigenvalue weighted by Gasteiger charge is 2.26. The number of thiazole rings is 1. The number of benzene rings is 1. The number of aromatic nitrogens is 1. The molecule has 3 rings (SSSR count). The van der Waals surface area contributed by atoms with E-state index >= 15 is 0 Å². The maximum Gasteiger partial charge on any atom is 0.267 e. The summed E-state index contributed by atoms with van der Waals surface area (Å²) in [6.45, 7) is 1.87. The Morgan fingerprint density at radius 2 is 2.09 bits per heavy atom. The molecule has 1 aliphatic rings. The molecule has 7 heteroatoms. The van der Waals surface area contributed by atoms with Gasteiger partial charge in [0.2, 0.25) is 5.91 Å². The van der Waals surface area contributed by atoms with Crippen molar-refractivity contribution in [3.8, 4) is 0 Å². The number of halogens is 1. The number of anilines is 2. The van der Waals surface area contributed by atoms with E-state index in [2.05, 4.69) is 15.6 Å². The average Bonchev–Trinajstić information content (AvgIpc) is 2.89. The monoisotopic (exact) mass is 349 g/mol. The molecule has 2 aromatic rings. The van der Waals surface area contributed by atoms with Crippen LogP contribution in [-0.4, -0.2) is 16.8 Å². The van der Waals surface area contributed by atoms with Gasteiger partial charge in [-0.25, -0.2) is 4.98 Å². The number of carbonyl (C=O) groups is 2. The average molecular weight is 350 g/mol. The van der Waals surface area contributed by atoms with Gasteiger partial charge < -0.3 is 10.6 Å². The quantitative estimate of drug-likeness (QED) is 0.873. The molecule has 1 heterocycles. The van der Waals surface area contributed by atoms with Crippen LogP contribution in [0, 0.1) is 12.8 Å². The van der Waals surface area contributed by atoms with Crippen molar-refractivity contribution in [2.45, 2.75) is 26.2 Å². The largest absolute Gasteiger partial charge is 0.320 e. The van der Waals surface area contributed by atoms with Gasteiger partial charge in [0.25, 0.3) is 5.91 Å². The number of carbonyl (C=O) groups excluding carboxylic acids is 2. The molecule has 0 atom stereocenters. The molecule has 0 saturated heterocycles. The summed E-state index contributed by atoms with van der Waals surface area (Å²) in [5.41, 5.74) is 1.47. The molecule has 23 heavy (non-hydrogen) atoms. The number of aryl methyl sites for hydroxylation is 1. The lowest BCUT2D eigenvalue weighted by Gasteiger charge is -2.23. The Labute approximate surface area is 143 Å². The molecule has 0 unspecified atom stereocenters. The van der Waals surface area contributed by atoms with Gasteiger partial charge in [-0.05, 0) is 31.4 Å². The molecule has 1 aromatic carbocycles. The van der Waals surface area contributed by atoms with Gasteiger partial charge in [0.15, 0.2) is 5.13 Å². The van der Waals surface area contributed by atoms with Crippen LogP contribution in [0.4, 0.5) is 10.8 Å². The summed E-state index contributed by atoms with van der Waals surface area (Å²) >= 11 is 7.26. The molecule has 0 spiro atoms. The third-order valence-corrected chi connectivity index (χ3v) is 5.12. The van der Waals surface area contributed by atoms with E-state index < -0.39 is 0 Å². The smallest absolute Gasteiger partial charge is 0.267 e. The lowest BCUT2D eigenvalue weighted by atomic mass is 9.85. The Morgan fingerprint density at radius 1 is 1.30 bits per heavy atom. The zero-order chi connectivity index (χ0) is 16.4. The fraction of sp³-hybridized carbons (Fsp3) is 0.312. The van der Waals surface area contributed by atoms with Crippen LogP contribution in [-0.2, 0) is 4.79 Å². The van der Waals surface area contributed by atoms with Crippen LogP contribution in [0.1, 0.15) is 34.5 Å². The Morgan fingerprint density at radius 3 is 2.74 bits per heavy atom. The Hall–Kier alpha value is -1.92. The first-order valence-corrected chi connectivity index (χ1v) is 8.57. The number of para-hydroxylation sites is 1. The molecule has 0 bridgehead atoms. The van der Waals surface area contributed by atoms with E-state index in [9.17, 15) is 9.59 Å². The normalized spacial score (nSPS) is 14.2. The highest BCUT2D eigenvalue weighted by molar-refractivity contribution is 7.17. The van der Waals surface area contributed by atoms with Gasteiger partial charge in [0.1, 0.15) is 4.88 Å². The zero-order valence-corrected chi connectivity index (χ0v) is 14.1. The van der Waals surface area contributed by atoms with Gasteiger partial charge in [0.05, 0.1) is 16.9 Å². The minimum absolute atomic E-state index is 0.0143. The third-order valence-electron chi connectivity index (χ3n) is 3.90. The van der Waals surface area contributed by atoms with E-state index in [1.54, 1.807) is 6.07 Å². The first-order valence-electron chi connectivity index (χ1n) is 7.38. The lowest BCUT2D eigenvalue weighted by Crippen LogP contribution is -2.27. The SMILES string of the molecule is Cc1cccc(Cl)c1NC(=O)c1cnc(NC(=O)C2CCC2)s1. The number of hydrogen-bond acceptors (Lipinski definition) is 4. The molecular formula is C16H16ClN3O2S. The maximum absolute atomic E-state index is 12.3. The first-order chi connectivity index (χ1) is 11.0. The van der Waals surface area contributed by atoms with Gasteiger partial charge in [0, 0.05) is 5.92 Å². The van der Waals surface area contributed by atoms with Crippen molar-refractivity contribution in [2.75, 3.05) is 10.6 Å². The minimum atomic E-state index is -0.289. The summed E-state index contributed by atoms with van der Waals surface area (Å²) in [5, 5.41) is 6.50. The van der Waals surface area contributed by atoms with Crippen LogP contribution in [0.15, 0.2) is 24.4 Å². The minimum Gasteiger partial charge on any atom is -0.320 e. The maximum atomic E-state index is 12.3. The number of rotatable bonds is 4. The fourth-order valence-electron chi connectivity index (χ4n) is 2.28. The van der Waals surface area contributed by atoms with E-state index in [1.807, 2.05) is 19.1 Å².